The van der Waals surface area contributed by atoms with Crippen LogP contribution in [-0.2, 0) is 6.42 Å². The van der Waals surface area contributed by atoms with E-state index in [0.29, 0.717) is 6.54 Å². The van der Waals surface area contributed by atoms with Crippen molar-refractivity contribution >= 4 is 6.03 Å². The van der Waals surface area contributed by atoms with Gasteiger partial charge in [-0.2, -0.15) is 0 Å². The second-order valence-corrected chi connectivity index (χ2v) is 5.70. The minimum absolute atomic E-state index is 0.0727. The Kier molecular flexibility index (Phi) is 5.90. The number of methoxy groups -OCH3 is 1. The first kappa shape index (κ1) is 15.7. The van der Waals surface area contributed by atoms with E-state index in [4.69, 9.17) is 4.74 Å². The maximum absolute atomic E-state index is 12.1. The molecule has 0 spiro atoms. The summed E-state index contributed by atoms with van der Waals surface area (Å²) in [5.74, 6) is 0.893. The zero-order chi connectivity index (χ0) is 15.1. The maximum Gasteiger partial charge on any atom is 0.317 e. The van der Waals surface area contributed by atoms with E-state index in [1.807, 2.05) is 17.0 Å². The van der Waals surface area contributed by atoms with E-state index in [2.05, 4.69) is 18.3 Å². The number of carbonyl (C=O) groups excluding carboxylic acids is 1. The van der Waals surface area contributed by atoms with E-state index < -0.39 is 0 Å². The second-order valence-electron chi connectivity index (χ2n) is 5.70. The first-order valence-corrected chi connectivity index (χ1v) is 7.87. The standard InChI is InChI=1S/C17H26N2O2/c1-14-7-8-16(21-2)15(13-14)9-10-18-17(20)19-11-5-3-4-6-12-19/h7-8,13H,3-6,9-12H2,1-2H3,(H,18,20). The molecule has 1 fully saturated rings. The summed E-state index contributed by atoms with van der Waals surface area (Å²) in [6.07, 6.45) is 5.53. The van der Waals surface area contributed by atoms with Gasteiger partial charge in [-0.3, -0.25) is 0 Å². The van der Waals surface area contributed by atoms with Crippen molar-refractivity contribution in [2.45, 2.75) is 39.0 Å². The lowest BCUT2D eigenvalue weighted by Crippen LogP contribution is -2.41. The Morgan fingerprint density at radius 3 is 2.62 bits per heavy atom. The van der Waals surface area contributed by atoms with Crippen LogP contribution in [0.15, 0.2) is 18.2 Å². The van der Waals surface area contributed by atoms with Crippen LogP contribution in [0.3, 0.4) is 0 Å². The van der Waals surface area contributed by atoms with Gasteiger partial charge in [0.05, 0.1) is 7.11 Å². The minimum Gasteiger partial charge on any atom is -0.496 e. The smallest absolute Gasteiger partial charge is 0.317 e. The van der Waals surface area contributed by atoms with Crippen molar-refractivity contribution in [3.63, 3.8) is 0 Å². The predicted molar refractivity (Wildman–Crippen MR) is 84.9 cm³/mol. The van der Waals surface area contributed by atoms with E-state index in [1.165, 1.54) is 18.4 Å². The van der Waals surface area contributed by atoms with Crippen LogP contribution in [0.5, 0.6) is 5.75 Å². The van der Waals surface area contributed by atoms with E-state index in [-0.39, 0.29) is 6.03 Å². The van der Waals surface area contributed by atoms with Gasteiger partial charge in [-0.05, 0) is 37.8 Å². The molecule has 2 rings (SSSR count). The summed E-state index contributed by atoms with van der Waals surface area (Å²) < 4.78 is 5.37. The van der Waals surface area contributed by atoms with E-state index in [0.717, 1.165) is 43.7 Å². The van der Waals surface area contributed by atoms with Gasteiger partial charge >= 0.3 is 6.03 Å². The topological polar surface area (TPSA) is 41.6 Å². The molecule has 1 N–H and O–H groups in total. The summed E-state index contributed by atoms with van der Waals surface area (Å²) in [5, 5.41) is 3.03. The van der Waals surface area contributed by atoms with Crippen molar-refractivity contribution in [2.75, 3.05) is 26.7 Å². The largest absolute Gasteiger partial charge is 0.496 e. The number of benzene rings is 1. The highest BCUT2D eigenvalue weighted by Gasteiger charge is 2.14. The van der Waals surface area contributed by atoms with Crippen LogP contribution < -0.4 is 10.1 Å². The fourth-order valence-corrected chi connectivity index (χ4v) is 2.79. The second kappa shape index (κ2) is 7.91. The number of nitrogens with zero attached hydrogens (tertiary/aromatic N) is 1. The van der Waals surface area contributed by atoms with Crippen molar-refractivity contribution in [1.29, 1.82) is 0 Å². The molecule has 0 atom stereocenters. The number of amides is 2. The molecule has 2 amide bonds. The van der Waals surface area contributed by atoms with Gasteiger partial charge < -0.3 is 15.0 Å². The Hall–Kier alpha value is -1.71. The molecule has 1 heterocycles. The number of ether oxygens (including phenoxy) is 1. The summed E-state index contributed by atoms with van der Waals surface area (Å²) >= 11 is 0. The first-order valence-electron chi connectivity index (χ1n) is 7.87. The molecule has 21 heavy (non-hydrogen) atoms. The van der Waals surface area contributed by atoms with E-state index in [1.54, 1.807) is 7.11 Å². The summed E-state index contributed by atoms with van der Waals surface area (Å²) in [6, 6.07) is 6.22. The number of urea groups is 1. The fraction of sp³-hybridized carbons (Fsp3) is 0.588. The van der Waals surface area contributed by atoms with Gasteiger partial charge in [-0.15, -0.1) is 0 Å². The third-order valence-electron chi connectivity index (χ3n) is 4.00. The third-order valence-corrected chi connectivity index (χ3v) is 4.00. The van der Waals surface area contributed by atoms with Crippen molar-refractivity contribution in [3.05, 3.63) is 29.3 Å². The molecule has 0 radical (unpaired) electrons. The molecule has 0 aromatic heterocycles. The molecule has 0 unspecified atom stereocenters. The lowest BCUT2D eigenvalue weighted by atomic mass is 10.1. The Bertz CT molecular complexity index is 466. The molecule has 116 valence electrons. The maximum atomic E-state index is 12.1. The number of hydrogen-bond donors (Lipinski definition) is 1. The van der Waals surface area contributed by atoms with E-state index >= 15 is 0 Å². The zero-order valence-corrected chi connectivity index (χ0v) is 13.2. The number of rotatable bonds is 4. The number of likely N-dealkylation sites (tertiary alicyclic amines) is 1. The van der Waals surface area contributed by atoms with Crippen molar-refractivity contribution in [2.24, 2.45) is 0 Å². The molecule has 0 aliphatic carbocycles. The van der Waals surface area contributed by atoms with Crippen LogP contribution in [0.1, 0.15) is 36.8 Å². The zero-order valence-electron chi connectivity index (χ0n) is 13.2. The normalized spacial score (nSPS) is 15.4. The van der Waals surface area contributed by atoms with Crippen molar-refractivity contribution < 1.29 is 9.53 Å². The van der Waals surface area contributed by atoms with Crippen LogP contribution in [0.4, 0.5) is 4.79 Å². The van der Waals surface area contributed by atoms with Crippen LogP contribution in [0, 0.1) is 6.92 Å². The molecule has 1 aromatic rings. The minimum atomic E-state index is 0.0727. The monoisotopic (exact) mass is 290 g/mol. The highest BCUT2D eigenvalue weighted by molar-refractivity contribution is 5.74. The molecular formula is C17H26N2O2. The van der Waals surface area contributed by atoms with Crippen molar-refractivity contribution in [1.82, 2.24) is 10.2 Å². The van der Waals surface area contributed by atoms with Crippen LogP contribution in [0.2, 0.25) is 0 Å². The van der Waals surface area contributed by atoms with Crippen molar-refractivity contribution in [3.8, 4) is 5.75 Å². The highest BCUT2D eigenvalue weighted by atomic mass is 16.5. The number of carbonyl (C=O) groups is 1. The van der Waals surface area contributed by atoms with Crippen LogP contribution >= 0.6 is 0 Å². The first-order chi connectivity index (χ1) is 10.2. The quantitative estimate of drug-likeness (QED) is 0.925. The van der Waals surface area contributed by atoms with Crippen LogP contribution in [0.25, 0.3) is 0 Å². The Labute approximate surface area is 127 Å². The summed E-state index contributed by atoms with van der Waals surface area (Å²) in [4.78, 5) is 14.1. The van der Waals surface area contributed by atoms with Gasteiger partial charge in [-0.1, -0.05) is 30.5 Å². The third kappa shape index (κ3) is 4.66. The molecule has 4 nitrogen and oxygen atoms in total. The van der Waals surface area contributed by atoms with Crippen LogP contribution in [-0.4, -0.2) is 37.7 Å². The summed E-state index contributed by atoms with van der Waals surface area (Å²) in [6.45, 7) is 4.49. The molecule has 0 bridgehead atoms. The van der Waals surface area contributed by atoms with Gasteiger partial charge in [0.1, 0.15) is 5.75 Å². The molecule has 1 aliphatic rings. The molecule has 1 aliphatic heterocycles. The summed E-state index contributed by atoms with van der Waals surface area (Å²) in [5.41, 5.74) is 2.36. The molecular weight excluding hydrogens is 264 g/mol. The fourth-order valence-electron chi connectivity index (χ4n) is 2.79. The highest BCUT2D eigenvalue weighted by Crippen LogP contribution is 2.19. The predicted octanol–water partition coefficient (Wildman–Crippen LogP) is 3.13. The molecule has 0 saturated carbocycles. The van der Waals surface area contributed by atoms with Gasteiger partial charge in [0.25, 0.3) is 0 Å². The number of nitrogens with one attached hydrogen (secondary N) is 1. The average Bonchev–Trinajstić information content (AvgIpc) is 2.76. The number of hydrogen-bond acceptors (Lipinski definition) is 2. The molecule has 4 heteroatoms. The lowest BCUT2D eigenvalue weighted by molar-refractivity contribution is 0.200. The Morgan fingerprint density at radius 2 is 1.95 bits per heavy atom. The average molecular weight is 290 g/mol. The van der Waals surface area contributed by atoms with Gasteiger partial charge in [-0.25, -0.2) is 4.79 Å². The van der Waals surface area contributed by atoms with Gasteiger partial charge in [0.2, 0.25) is 0 Å². The van der Waals surface area contributed by atoms with Gasteiger partial charge in [0.15, 0.2) is 0 Å². The van der Waals surface area contributed by atoms with Gasteiger partial charge in [0, 0.05) is 19.6 Å². The summed E-state index contributed by atoms with van der Waals surface area (Å²) in [7, 11) is 1.68. The van der Waals surface area contributed by atoms with E-state index in [9.17, 15) is 4.79 Å². The Morgan fingerprint density at radius 1 is 1.24 bits per heavy atom. The lowest BCUT2D eigenvalue weighted by Gasteiger charge is -2.21. The molecule has 1 saturated heterocycles. The molecule has 1 aromatic carbocycles. The SMILES string of the molecule is COc1ccc(C)cc1CCNC(=O)N1CCCCCC1. The number of aryl methyl sites for hydroxylation is 1. The Balaban J connectivity index is 1.83.